The van der Waals surface area contributed by atoms with Gasteiger partial charge in [0.05, 0.1) is 12.1 Å². The van der Waals surface area contributed by atoms with E-state index in [0.717, 1.165) is 31.6 Å². The number of nitrogens with zero attached hydrogens (tertiary/aromatic N) is 2. The molecule has 2 aliphatic heterocycles. The van der Waals surface area contributed by atoms with Crippen molar-refractivity contribution >= 4 is 11.6 Å². The minimum atomic E-state index is -0.0868. The number of anilines is 1. The largest absolute Gasteiger partial charge is 0.380 e. The molecule has 4 rings (SSSR count). The second kappa shape index (κ2) is 6.62. The van der Waals surface area contributed by atoms with Crippen molar-refractivity contribution in [1.82, 2.24) is 4.90 Å². The summed E-state index contributed by atoms with van der Waals surface area (Å²) in [6, 6.07) is 16.6. The summed E-state index contributed by atoms with van der Waals surface area (Å²) < 4.78 is 5.46. The van der Waals surface area contributed by atoms with Crippen LogP contribution in [0.25, 0.3) is 11.1 Å². The highest BCUT2D eigenvalue weighted by Gasteiger charge is 2.39. The predicted molar refractivity (Wildman–Crippen MR) is 99.8 cm³/mol. The van der Waals surface area contributed by atoms with Crippen molar-refractivity contribution in [2.75, 3.05) is 32.1 Å². The highest BCUT2D eigenvalue weighted by molar-refractivity contribution is 6.00. The molecule has 1 saturated heterocycles. The summed E-state index contributed by atoms with van der Waals surface area (Å²) >= 11 is 0. The Morgan fingerprint density at radius 1 is 1.12 bits per heavy atom. The van der Waals surface area contributed by atoms with Crippen molar-refractivity contribution in [1.29, 1.82) is 0 Å². The number of hydrogen-bond donors (Lipinski definition) is 0. The summed E-state index contributed by atoms with van der Waals surface area (Å²) in [5, 5.41) is 0. The minimum absolute atomic E-state index is 0.0868. The van der Waals surface area contributed by atoms with Gasteiger partial charge in [0.2, 0.25) is 5.91 Å². The molecule has 25 heavy (non-hydrogen) atoms. The van der Waals surface area contributed by atoms with Gasteiger partial charge in [0, 0.05) is 25.9 Å². The quantitative estimate of drug-likeness (QED) is 0.864. The molecule has 0 aliphatic carbocycles. The van der Waals surface area contributed by atoms with Gasteiger partial charge in [-0.15, -0.1) is 0 Å². The first kappa shape index (κ1) is 16.3. The molecule has 4 heteroatoms. The molecular formula is C21H24N2O2. The van der Waals surface area contributed by atoms with E-state index >= 15 is 0 Å². The summed E-state index contributed by atoms with van der Waals surface area (Å²) in [4.78, 5) is 17.3. The van der Waals surface area contributed by atoms with Gasteiger partial charge in [-0.25, -0.2) is 0 Å². The number of amides is 1. The summed E-state index contributed by atoms with van der Waals surface area (Å²) in [5.74, 6) is 0.200. The number of fused-ring (bicyclic) bond motifs is 1. The Labute approximate surface area is 149 Å². The van der Waals surface area contributed by atoms with Crippen LogP contribution in [0.5, 0.6) is 0 Å². The smallest absolute Gasteiger partial charge is 0.244 e. The van der Waals surface area contributed by atoms with E-state index in [1.807, 2.05) is 18.0 Å². The van der Waals surface area contributed by atoms with E-state index < -0.39 is 0 Å². The van der Waals surface area contributed by atoms with E-state index in [1.54, 1.807) is 7.11 Å². The molecular weight excluding hydrogens is 312 g/mol. The predicted octanol–water partition coefficient (Wildman–Crippen LogP) is 2.96. The first-order valence-electron chi connectivity index (χ1n) is 8.90. The third-order valence-electron chi connectivity index (χ3n) is 5.51. The number of carbonyl (C=O) groups excluding carboxylic acids is 1. The zero-order valence-electron chi connectivity index (χ0n) is 14.8. The van der Waals surface area contributed by atoms with Gasteiger partial charge in [-0.1, -0.05) is 42.5 Å². The van der Waals surface area contributed by atoms with Crippen LogP contribution in [0.3, 0.4) is 0 Å². The first-order chi connectivity index (χ1) is 12.2. The number of likely N-dealkylation sites (N-methyl/N-ethyl adjacent to an activating group) is 1. The standard InChI is InChI=1S/C21H24N2O2/c1-22-14-16(25-2)13-20(22)21(24)23-12-11-18-17(9-6-10-19(18)23)15-7-4-3-5-8-15/h3-10,16,20H,11-14H2,1-2H3. The summed E-state index contributed by atoms with van der Waals surface area (Å²) in [5.41, 5.74) is 4.81. The van der Waals surface area contributed by atoms with Crippen LogP contribution in [0.15, 0.2) is 48.5 Å². The van der Waals surface area contributed by atoms with E-state index in [4.69, 9.17) is 4.74 Å². The fourth-order valence-corrected chi connectivity index (χ4v) is 4.14. The Balaban J connectivity index is 1.64. The van der Waals surface area contributed by atoms with E-state index in [2.05, 4.69) is 47.4 Å². The van der Waals surface area contributed by atoms with Crippen LogP contribution < -0.4 is 4.90 Å². The third kappa shape index (κ3) is 2.86. The van der Waals surface area contributed by atoms with Gasteiger partial charge in [-0.3, -0.25) is 9.69 Å². The maximum Gasteiger partial charge on any atom is 0.244 e. The van der Waals surface area contributed by atoms with Crippen molar-refractivity contribution in [3.63, 3.8) is 0 Å². The summed E-state index contributed by atoms with van der Waals surface area (Å²) in [6.45, 7) is 1.58. The van der Waals surface area contributed by atoms with Crippen LogP contribution >= 0.6 is 0 Å². The van der Waals surface area contributed by atoms with Gasteiger partial charge >= 0.3 is 0 Å². The normalized spacial score (nSPS) is 23.0. The number of hydrogen-bond acceptors (Lipinski definition) is 3. The number of likely N-dealkylation sites (tertiary alicyclic amines) is 1. The summed E-state index contributed by atoms with van der Waals surface area (Å²) in [6.07, 6.45) is 1.84. The number of rotatable bonds is 3. The first-order valence-corrected chi connectivity index (χ1v) is 8.90. The fraction of sp³-hybridized carbons (Fsp3) is 0.381. The van der Waals surface area contributed by atoms with Crippen molar-refractivity contribution in [2.45, 2.75) is 25.0 Å². The molecule has 4 nitrogen and oxygen atoms in total. The van der Waals surface area contributed by atoms with Gasteiger partial charge in [0.15, 0.2) is 0 Å². The van der Waals surface area contributed by atoms with Crippen LogP contribution in [-0.2, 0) is 16.0 Å². The topological polar surface area (TPSA) is 32.8 Å². The van der Waals surface area contributed by atoms with E-state index in [-0.39, 0.29) is 18.1 Å². The second-order valence-corrected chi connectivity index (χ2v) is 6.96. The Morgan fingerprint density at radius 2 is 1.92 bits per heavy atom. The molecule has 2 atom stereocenters. The van der Waals surface area contributed by atoms with Crippen LogP contribution in [0.1, 0.15) is 12.0 Å². The monoisotopic (exact) mass is 336 g/mol. The highest BCUT2D eigenvalue weighted by Crippen LogP contribution is 2.37. The molecule has 0 bridgehead atoms. The van der Waals surface area contributed by atoms with E-state index in [9.17, 15) is 4.79 Å². The second-order valence-electron chi connectivity index (χ2n) is 6.96. The Kier molecular flexibility index (Phi) is 4.32. The SMILES string of the molecule is COC1CC(C(=O)N2CCc3c(-c4ccccc4)cccc32)N(C)C1. The lowest BCUT2D eigenvalue weighted by atomic mass is 9.98. The molecule has 2 aromatic rings. The maximum absolute atomic E-state index is 13.2. The lowest BCUT2D eigenvalue weighted by Crippen LogP contribution is -2.43. The highest BCUT2D eigenvalue weighted by atomic mass is 16.5. The van der Waals surface area contributed by atoms with Crippen molar-refractivity contribution in [2.24, 2.45) is 0 Å². The van der Waals surface area contributed by atoms with Crippen molar-refractivity contribution in [3.05, 3.63) is 54.1 Å². The molecule has 1 amide bonds. The van der Waals surface area contributed by atoms with Gasteiger partial charge in [0.1, 0.15) is 0 Å². The number of ether oxygens (including phenoxy) is 1. The van der Waals surface area contributed by atoms with Crippen molar-refractivity contribution < 1.29 is 9.53 Å². The lowest BCUT2D eigenvalue weighted by molar-refractivity contribution is -0.122. The Hall–Kier alpha value is -2.17. The average Bonchev–Trinajstić information content (AvgIpc) is 3.25. The van der Waals surface area contributed by atoms with E-state index in [1.165, 1.54) is 16.7 Å². The lowest BCUT2D eigenvalue weighted by Gasteiger charge is -2.25. The average molecular weight is 336 g/mol. The fourth-order valence-electron chi connectivity index (χ4n) is 4.14. The summed E-state index contributed by atoms with van der Waals surface area (Å²) in [7, 11) is 3.74. The zero-order chi connectivity index (χ0) is 17.4. The molecule has 0 aromatic heterocycles. The van der Waals surface area contributed by atoms with Crippen LogP contribution in [0, 0.1) is 0 Å². The number of carbonyl (C=O) groups is 1. The Bertz CT molecular complexity index is 775. The van der Waals surface area contributed by atoms with Gasteiger partial charge in [-0.2, -0.15) is 0 Å². The minimum Gasteiger partial charge on any atom is -0.380 e. The molecule has 2 heterocycles. The molecule has 2 aromatic carbocycles. The maximum atomic E-state index is 13.2. The molecule has 1 fully saturated rings. The third-order valence-corrected chi connectivity index (χ3v) is 5.51. The molecule has 130 valence electrons. The number of methoxy groups -OCH3 is 1. The van der Waals surface area contributed by atoms with Crippen molar-refractivity contribution in [3.8, 4) is 11.1 Å². The van der Waals surface area contributed by atoms with Crippen LogP contribution in [-0.4, -0.2) is 50.2 Å². The van der Waals surface area contributed by atoms with Crippen LogP contribution in [0.4, 0.5) is 5.69 Å². The molecule has 0 N–H and O–H groups in total. The molecule has 2 unspecified atom stereocenters. The van der Waals surface area contributed by atoms with Gasteiger partial charge < -0.3 is 9.64 Å². The number of benzene rings is 2. The van der Waals surface area contributed by atoms with Gasteiger partial charge in [0.25, 0.3) is 0 Å². The van der Waals surface area contributed by atoms with Gasteiger partial charge in [-0.05, 0) is 42.6 Å². The zero-order valence-corrected chi connectivity index (χ0v) is 14.8. The molecule has 0 radical (unpaired) electrons. The molecule has 0 spiro atoms. The molecule has 0 saturated carbocycles. The molecule has 2 aliphatic rings. The Morgan fingerprint density at radius 3 is 2.64 bits per heavy atom. The van der Waals surface area contributed by atoms with Crippen LogP contribution in [0.2, 0.25) is 0 Å². The van der Waals surface area contributed by atoms with E-state index in [0.29, 0.717) is 0 Å².